The Hall–Kier alpha value is -1.33. The third-order valence-electron chi connectivity index (χ3n) is 3.38. The van der Waals surface area contributed by atoms with E-state index in [-0.39, 0.29) is 12.1 Å². The van der Waals surface area contributed by atoms with Crippen molar-refractivity contribution in [2.75, 3.05) is 20.8 Å². The molecule has 1 aliphatic heterocycles. The summed E-state index contributed by atoms with van der Waals surface area (Å²) in [5.74, 6) is 0.925. The van der Waals surface area contributed by atoms with E-state index in [4.69, 9.17) is 42.9 Å². The Morgan fingerprint density at radius 1 is 1.29 bits per heavy atom. The molecule has 1 heterocycles. The standard InChI is InChI=1S/C13H15Cl2N3O3/c1-19-12-8(14)6-9(15)13(20-2)11(12)10-5-7(17-18-16)3-4-21-10/h6-7,10H,3-5H2,1-2H3/t7-,10?/m0/s1. The van der Waals surface area contributed by atoms with Crippen LogP contribution >= 0.6 is 23.2 Å². The van der Waals surface area contributed by atoms with Crippen LogP contribution in [0.25, 0.3) is 10.4 Å². The van der Waals surface area contributed by atoms with Crippen molar-refractivity contribution in [2.24, 2.45) is 5.11 Å². The molecule has 8 heteroatoms. The van der Waals surface area contributed by atoms with Crippen molar-refractivity contribution in [2.45, 2.75) is 25.0 Å². The molecule has 1 aromatic carbocycles. The molecule has 2 atom stereocenters. The highest BCUT2D eigenvalue weighted by Gasteiger charge is 2.31. The van der Waals surface area contributed by atoms with Crippen molar-refractivity contribution >= 4 is 23.2 Å². The number of halogens is 2. The zero-order valence-electron chi connectivity index (χ0n) is 11.7. The second-order valence-corrected chi connectivity index (χ2v) is 5.38. The van der Waals surface area contributed by atoms with Crippen molar-refractivity contribution in [1.29, 1.82) is 0 Å². The van der Waals surface area contributed by atoms with Gasteiger partial charge in [0.1, 0.15) is 11.5 Å². The van der Waals surface area contributed by atoms with E-state index in [1.54, 1.807) is 6.07 Å². The normalized spacial score (nSPS) is 21.5. The van der Waals surface area contributed by atoms with Crippen molar-refractivity contribution < 1.29 is 14.2 Å². The van der Waals surface area contributed by atoms with E-state index in [2.05, 4.69) is 10.0 Å². The van der Waals surface area contributed by atoms with E-state index in [9.17, 15) is 0 Å². The molecular formula is C13H15Cl2N3O3. The van der Waals surface area contributed by atoms with Crippen LogP contribution in [0.5, 0.6) is 11.5 Å². The molecule has 0 saturated carbocycles. The summed E-state index contributed by atoms with van der Waals surface area (Å²) >= 11 is 12.4. The smallest absolute Gasteiger partial charge is 0.147 e. The summed E-state index contributed by atoms with van der Waals surface area (Å²) in [5.41, 5.74) is 9.24. The first-order chi connectivity index (χ1) is 10.1. The molecule has 2 rings (SSSR count). The van der Waals surface area contributed by atoms with Crippen LogP contribution < -0.4 is 9.47 Å². The van der Waals surface area contributed by atoms with Gasteiger partial charge in [-0.05, 0) is 24.4 Å². The molecule has 1 unspecified atom stereocenters. The fourth-order valence-corrected chi connectivity index (χ4v) is 3.10. The Morgan fingerprint density at radius 3 is 2.43 bits per heavy atom. The lowest BCUT2D eigenvalue weighted by Crippen LogP contribution is -2.23. The Labute approximate surface area is 132 Å². The summed E-state index contributed by atoms with van der Waals surface area (Å²) in [7, 11) is 3.04. The van der Waals surface area contributed by atoms with E-state index in [0.717, 1.165) is 0 Å². The molecule has 6 nitrogen and oxygen atoms in total. The fourth-order valence-electron chi connectivity index (χ4n) is 2.47. The van der Waals surface area contributed by atoms with Crippen LogP contribution in [0.2, 0.25) is 10.0 Å². The maximum atomic E-state index is 8.59. The number of benzene rings is 1. The number of nitrogens with zero attached hydrogens (tertiary/aromatic N) is 3. The van der Waals surface area contributed by atoms with Gasteiger partial charge in [0.25, 0.3) is 0 Å². The minimum atomic E-state index is -0.352. The Kier molecular flexibility index (Phi) is 5.42. The highest BCUT2D eigenvalue weighted by atomic mass is 35.5. The molecule has 1 aromatic rings. The summed E-state index contributed by atoms with van der Waals surface area (Å²) in [4.78, 5) is 2.86. The molecular weight excluding hydrogens is 317 g/mol. The zero-order chi connectivity index (χ0) is 15.4. The summed E-state index contributed by atoms with van der Waals surface area (Å²) in [6.45, 7) is 0.477. The number of hydrogen-bond acceptors (Lipinski definition) is 4. The van der Waals surface area contributed by atoms with Crippen LogP contribution in [0.4, 0.5) is 0 Å². The van der Waals surface area contributed by atoms with Gasteiger partial charge in [-0.15, -0.1) is 0 Å². The lowest BCUT2D eigenvalue weighted by molar-refractivity contribution is 0.00417. The molecule has 0 radical (unpaired) electrons. The molecule has 1 fully saturated rings. The number of azide groups is 1. The van der Waals surface area contributed by atoms with Crippen molar-refractivity contribution in [3.8, 4) is 11.5 Å². The van der Waals surface area contributed by atoms with E-state index < -0.39 is 0 Å². The second kappa shape index (κ2) is 7.09. The van der Waals surface area contributed by atoms with Crippen molar-refractivity contribution in [3.63, 3.8) is 0 Å². The van der Waals surface area contributed by atoms with Crippen LogP contribution in [0, 0.1) is 0 Å². The zero-order valence-corrected chi connectivity index (χ0v) is 13.2. The largest absolute Gasteiger partial charge is 0.495 e. The molecule has 0 N–H and O–H groups in total. The minimum Gasteiger partial charge on any atom is -0.495 e. The van der Waals surface area contributed by atoms with Crippen LogP contribution in [-0.2, 0) is 4.74 Å². The van der Waals surface area contributed by atoms with Gasteiger partial charge < -0.3 is 14.2 Å². The lowest BCUT2D eigenvalue weighted by Gasteiger charge is -2.29. The van der Waals surface area contributed by atoms with Gasteiger partial charge in [-0.1, -0.05) is 28.3 Å². The third kappa shape index (κ3) is 3.30. The highest BCUT2D eigenvalue weighted by molar-refractivity contribution is 6.36. The Bertz CT molecular complexity index is 548. The average molecular weight is 332 g/mol. The third-order valence-corrected chi connectivity index (χ3v) is 3.94. The van der Waals surface area contributed by atoms with Crippen molar-refractivity contribution in [3.05, 3.63) is 32.1 Å². The van der Waals surface area contributed by atoms with Gasteiger partial charge in [0.05, 0.1) is 35.9 Å². The van der Waals surface area contributed by atoms with E-state index in [0.29, 0.717) is 46.6 Å². The molecule has 114 valence electrons. The van der Waals surface area contributed by atoms with E-state index in [1.807, 2.05) is 0 Å². The van der Waals surface area contributed by atoms with E-state index in [1.165, 1.54) is 14.2 Å². The maximum Gasteiger partial charge on any atom is 0.147 e. The van der Waals surface area contributed by atoms with Gasteiger partial charge in [0, 0.05) is 17.6 Å². The predicted molar refractivity (Wildman–Crippen MR) is 80.4 cm³/mol. The van der Waals surface area contributed by atoms with Crippen LogP contribution in [0.3, 0.4) is 0 Å². The average Bonchev–Trinajstić information content (AvgIpc) is 2.47. The van der Waals surface area contributed by atoms with Gasteiger partial charge >= 0.3 is 0 Å². The lowest BCUT2D eigenvalue weighted by atomic mass is 9.96. The Balaban J connectivity index is 2.48. The fraction of sp³-hybridized carbons (Fsp3) is 0.538. The SMILES string of the molecule is COc1c(Cl)cc(Cl)c(OC)c1C1C[C@@H](N=[N+]=[N-])CCO1. The number of rotatable bonds is 4. The first kappa shape index (κ1) is 16.0. The van der Waals surface area contributed by atoms with Gasteiger partial charge in [-0.2, -0.15) is 0 Å². The first-order valence-corrected chi connectivity index (χ1v) is 7.13. The van der Waals surface area contributed by atoms with Crippen LogP contribution in [0.1, 0.15) is 24.5 Å². The maximum absolute atomic E-state index is 8.59. The van der Waals surface area contributed by atoms with Crippen LogP contribution in [-0.4, -0.2) is 26.9 Å². The monoisotopic (exact) mass is 331 g/mol. The summed E-state index contributed by atoms with van der Waals surface area (Å²) in [6.07, 6.45) is 0.850. The predicted octanol–water partition coefficient (Wildman–Crippen LogP) is 4.54. The summed E-state index contributed by atoms with van der Waals surface area (Å²) in [5, 5.41) is 4.53. The molecule has 1 saturated heterocycles. The molecule has 0 amide bonds. The first-order valence-electron chi connectivity index (χ1n) is 6.38. The van der Waals surface area contributed by atoms with Gasteiger partial charge in [-0.25, -0.2) is 0 Å². The molecule has 1 aliphatic rings. The molecule has 0 spiro atoms. The van der Waals surface area contributed by atoms with Gasteiger partial charge in [-0.3, -0.25) is 0 Å². The van der Waals surface area contributed by atoms with Gasteiger partial charge in [0.15, 0.2) is 0 Å². The topological polar surface area (TPSA) is 76.5 Å². The van der Waals surface area contributed by atoms with Gasteiger partial charge in [0.2, 0.25) is 0 Å². The summed E-state index contributed by atoms with van der Waals surface area (Å²) in [6, 6.07) is 1.43. The second-order valence-electron chi connectivity index (χ2n) is 4.56. The van der Waals surface area contributed by atoms with E-state index >= 15 is 0 Å². The molecule has 0 aromatic heterocycles. The number of methoxy groups -OCH3 is 2. The van der Waals surface area contributed by atoms with Crippen LogP contribution in [0.15, 0.2) is 11.2 Å². The highest BCUT2D eigenvalue weighted by Crippen LogP contribution is 2.47. The number of ether oxygens (including phenoxy) is 3. The molecule has 0 bridgehead atoms. The van der Waals surface area contributed by atoms with Crippen molar-refractivity contribution in [1.82, 2.24) is 0 Å². The quantitative estimate of drug-likeness (QED) is 0.461. The Morgan fingerprint density at radius 2 is 1.90 bits per heavy atom. The number of hydrogen-bond donors (Lipinski definition) is 0. The molecule has 0 aliphatic carbocycles. The summed E-state index contributed by atoms with van der Waals surface area (Å²) < 4.78 is 16.5. The molecule has 21 heavy (non-hydrogen) atoms. The minimum absolute atomic E-state index is 0.138.